The van der Waals surface area contributed by atoms with Crippen molar-refractivity contribution in [3.05, 3.63) is 12.4 Å². The second kappa shape index (κ2) is 7.11. The molecular formula is C17H27N3O4. The van der Waals surface area contributed by atoms with Crippen LogP contribution in [0.4, 0.5) is 0 Å². The van der Waals surface area contributed by atoms with Gasteiger partial charge in [0, 0.05) is 5.92 Å². The fourth-order valence-electron chi connectivity index (χ4n) is 3.63. The Balaban J connectivity index is 1.49. The van der Waals surface area contributed by atoms with E-state index >= 15 is 0 Å². The number of aliphatic hydroxyl groups is 1. The zero-order valence-electron chi connectivity index (χ0n) is 14.3. The number of aromatic amines is 1. The van der Waals surface area contributed by atoms with Gasteiger partial charge in [0.25, 0.3) is 0 Å². The van der Waals surface area contributed by atoms with Gasteiger partial charge in [-0.2, -0.15) is 5.10 Å². The summed E-state index contributed by atoms with van der Waals surface area (Å²) in [6.07, 6.45) is 6.50. The monoisotopic (exact) mass is 337 g/mol. The number of ether oxygens (including phenoxy) is 2. The van der Waals surface area contributed by atoms with E-state index in [-0.39, 0.29) is 29.9 Å². The smallest absolute Gasteiger partial charge is 0.223 e. The Morgan fingerprint density at radius 3 is 2.75 bits per heavy atom. The van der Waals surface area contributed by atoms with Crippen molar-refractivity contribution in [3.63, 3.8) is 0 Å². The van der Waals surface area contributed by atoms with Gasteiger partial charge < -0.3 is 19.9 Å². The summed E-state index contributed by atoms with van der Waals surface area (Å²) in [4.78, 5) is 12.6. The van der Waals surface area contributed by atoms with Crippen LogP contribution in [0.2, 0.25) is 0 Å². The number of hydrogen-bond donors (Lipinski definition) is 3. The number of hydrogen-bond acceptors (Lipinski definition) is 5. The minimum Gasteiger partial charge on any atom is -0.482 e. The van der Waals surface area contributed by atoms with Gasteiger partial charge in [-0.1, -0.05) is 0 Å². The lowest BCUT2D eigenvalue weighted by Crippen LogP contribution is -2.48. The number of rotatable bonds is 5. The van der Waals surface area contributed by atoms with Crippen LogP contribution in [0.3, 0.4) is 0 Å². The van der Waals surface area contributed by atoms with Gasteiger partial charge in [0.1, 0.15) is 6.10 Å². The minimum absolute atomic E-state index is 0.0128. The molecule has 0 bridgehead atoms. The molecule has 1 saturated heterocycles. The Kier molecular flexibility index (Phi) is 5.10. The number of carbonyl (C=O) groups is 1. The van der Waals surface area contributed by atoms with Crippen molar-refractivity contribution in [1.29, 1.82) is 0 Å². The van der Waals surface area contributed by atoms with E-state index in [4.69, 9.17) is 9.47 Å². The Morgan fingerprint density at radius 1 is 1.38 bits per heavy atom. The number of aromatic nitrogens is 2. The molecule has 1 aliphatic carbocycles. The van der Waals surface area contributed by atoms with Crippen LogP contribution in [-0.4, -0.2) is 52.2 Å². The number of amides is 1. The predicted molar refractivity (Wildman–Crippen MR) is 87.5 cm³/mol. The van der Waals surface area contributed by atoms with Gasteiger partial charge in [0.05, 0.1) is 37.3 Å². The van der Waals surface area contributed by atoms with E-state index in [9.17, 15) is 9.90 Å². The maximum absolute atomic E-state index is 12.6. The van der Waals surface area contributed by atoms with Crippen LogP contribution in [0.15, 0.2) is 12.4 Å². The summed E-state index contributed by atoms with van der Waals surface area (Å²) in [5, 5.41) is 19.8. The first-order valence-electron chi connectivity index (χ1n) is 8.69. The minimum atomic E-state index is -0.662. The highest BCUT2D eigenvalue weighted by atomic mass is 16.5. The van der Waals surface area contributed by atoms with Gasteiger partial charge in [0.2, 0.25) is 5.91 Å². The molecule has 0 aromatic carbocycles. The molecule has 0 unspecified atom stereocenters. The highest BCUT2D eigenvalue weighted by molar-refractivity contribution is 5.79. The standard InChI is InChI=1S/C17H27N3O4/c1-17(2,22)12-5-3-11(4-6-12)16(21)20-14-9-23-10-15(14)24-13-7-18-19-8-13/h7-8,11-12,14-15,22H,3-6,9-10H2,1-2H3,(H,18,19)(H,20,21)/t11?,12?,14-,15+/m0/s1. The van der Waals surface area contributed by atoms with Crippen molar-refractivity contribution in [2.24, 2.45) is 11.8 Å². The second-order valence-corrected chi connectivity index (χ2v) is 7.45. The number of carbonyl (C=O) groups excluding carboxylic acids is 1. The van der Waals surface area contributed by atoms with E-state index < -0.39 is 5.60 Å². The summed E-state index contributed by atoms with van der Waals surface area (Å²) in [6, 6.07) is -0.139. The first-order valence-corrected chi connectivity index (χ1v) is 8.69. The largest absolute Gasteiger partial charge is 0.482 e. The van der Waals surface area contributed by atoms with Gasteiger partial charge >= 0.3 is 0 Å². The molecule has 3 N–H and O–H groups in total. The number of H-pyrrole nitrogens is 1. The van der Waals surface area contributed by atoms with Crippen molar-refractivity contribution >= 4 is 5.91 Å². The van der Waals surface area contributed by atoms with Crippen LogP contribution in [0, 0.1) is 11.8 Å². The Bertz CT molecular complexity index is 533. The molecule has 2 atom stereocenters. The first kappa shape index (κ1) is 17.2. The van der Waals surface area contributed by atoms with Crippen molar-refractivity contribution in [3.8, 4) is 5.75 Å². The SMILES string of the molecule is CC(C)(O)C1CCC(C(=O)N[C@H]2COC[C@H]2Oc2cn[nH]c2)CC1. The van der Waals surface area contributed by atoms with Gasteiger partial charge in [-0.25, -0.2) is 0 Å². The molecule has 3 rings (SSSR count). The van der Waals surface area contributed by atoms with Crippen molar-refractivity contribution < 1.29 is 19.4 Å². The molecule has 7 nitrogen and oxygen atoms in total. The van der Waals surface area contributed by atoms with E-state index in [0.29, 0.717) is 19.0 Å². The van der Waals surface area contributed by atoms with Crippen LogP contribution < -0.4 is 10.1 Å². The van der Waals surface area contributed by atoms with Crippen LogP contribution in [-0.2, 0) is 9.53 Å². The molecule has 2 fully saturated rings. The fourth-order valence-corrected chi connectivity index (χ4v) is 3.63. The van der Waals surface area contributed by atoms with Crippen LogP contribution in [0.5, 0.6) is 5.75 Å². The van der Waals surface area contributed by atoms with Crippen molar-refractivity contribution in [2.75, 3.05) is 13.2 Å². The predicted octanol–water partition coefficient (Wildman–Crippen LogP) is 1.25. The Labute approximate surface area is 142 Å². The molecule has 1 aromatic heterocycles. The van der Waals surface area contributed by atoms with Crippen LogP contribution >= 0.6 is 0 Å². The molecule has 134 valence electrons. The summed E-state index contributed by atoms with van der Waals surface area (Å²) < 4.78 is 11.3. The third-order valence-corrected chi connectivity index (χ3v) is 5.21. The molecule has 1 aromatic rings. The second-order valence-electron chi connectivity index (χ2n) is 7.45. The van der Waals surface area contributed by atoms with Gasteiger partial charge in [-0.15, -0.1) is 0 Å². The zero-order valence-corrected chi connectivity index (χ0v) is 14.3. The fraction of sp³-hybridized carbons (Fsp3) is 0.765. The van der Waals surface area contributed by atoms with Gasteiger partial charge in [-0.05, 0) is 45.4 Å². The van der Waals surface area contributed by atoms with Gasteiger partial charge in [0.15, 0.2) is 5.75 Å². The maximum Gasteiger partial charge on any atom is 0.223 e. The van der Waals surface area contributed by atoms with E-state index in [1.165, 1.54) is 0 Å². The Hall–Kier alpha value is -1.60. The highest BCUT2D eigenvalue weighted by Crippen LogP contribution is 2.35. The van der Waals surface area contributed by atoms with E-state index in [2.05, 4.69) is 15.5 Å². The normalized spacial score (nSPS) is 31.0. The lowest BCUT2D eigenvalue weighted by atomic mass is 9.74. The lowest BCUT2D eigenvalue weighted by molar-refractivity contribution is -0.128. The van der Waals surface area contributed by atoms with Crippen molar-refractivity contribution in [2.45, 2.75) is 57.3 Å². The summed E-state index contributed by atoms with van der Waals surface area (Å²) in [7, 11) is 0. The third-order valence-electron chi connectivity index (χ3n) is 5.21. The lowest BCUT2D eigenvalue weighted by Gasteiger charge is -2.35. The summed E-state index contributed by atoms with van der Waals surface area (Å²) in [5.74, 6) is 1.00. The molecule has 0 spiro atoms. The molecular weight excluding hydrogens is 310 g/mol. The molecule has 2 aliphatic rings. The molecule has 0 radical (unpaired) electrons. The summed E-state index contributed by atoms with van der Waals surface area (Å²) >= 11 is 0. The van der Waals surface area contributed by atoms with Crippen LogP contribution in [0.1, 0.15) is 39.5 Å². The number of nitrogens with one attached hydrogen (secondary N) is 2. The Morgan fingerprint density at radius 2 is 2.12 bits per heavy atom. The van der Waals surface area contributed by atoms with E-state index in [1.54, 1.807) is 12.4 Å². The summed E-state index contributed by atoms with van der Waals surface area (Å²) in [5.41, 5.74) is -0.662. The molecule has 2 heterocycles. The average molecular weight is 337 g/mol. The van der Waals surface area contributed by atoms with Gasteiger partial charge in [-0.3, -0.25) is 9.89 Å². The third kappa shape index (κ3) is 4.08. The zero-order chi connectivity index (χ0) is 17.2. The summed E-state index contributed by atoms with van der Waals surface area (Å²) in [6.45, 7) is 4.63. The van der Waals surface area contributed by atoms with E-state index in [0.717, 1.165) is 25.7 Å². The highest BCUT2D eigenvalue weighted by Gasteiger charge is 2.36. The average Bonchev–Trinajstić information content (AvgIpc) is 3.20. The van der Waals surface area contributed by atoms with Crippen LogP contribution in [0.25, 0.3) is 0 Å². The molecule has 1 saturated carbocycles. The molecule has 24 heavy (non-hydrogen) atoms. The molecule has 7 heteroatoms. The van der Waals surface area contributed by atoms with Crippen molar-refractivity contribution in [1.82, 2.24) is 15.5 Å². The molecule has 1 amide bonds. The molecule has 1 aliphatic heterocycles. The maximum atomic E-state index is 12.6. The quantitative estimate of drug-likeness (QED) is 0.751. The number of nitrogens with zero attached hydrogens (tertiary/aromatic N) is 1. The topological polar surface area (TPSA) is 96.5 Å². The first-order chi connectivity index (χ1) is 11.4. The van der Waals surface area contributed by atoms with E-state index in [1.807, 2.05) is 13.8 Å².